The lowest BCUT2D eigenvalue weighted by Gasteiger charge is -2.29. The van der Waals surface area contributed by atoms with Crippen LogP contribution in [-0.4, -0.2) is 37.7 Å². The molecule has 0 amide bonds. The van der Waals surface area contributed by atoms with Crippen LogP contribution in [0.2, 0.25) is 0 Å². The topological polar surface area (TPSA) is 36.3 Å². The SMILES string of the molecule is CCC(CC)N(CCCC#N)CCOC. The Morgan fingerprint density at radius 3 is 2.40 bits per heavy atom. The van der Waals surface area contributed by atoms with Crippen molar-refractivity contribution in [3.05, 3.63) is 0 Å². The molecule has 3 heteroatoms. The van der Waals surface area contributed by atoms with Crippen LogP contribution in [0.3, 0.4) is 0 Å². The first kappa shape index (κ1) is 14.4. The molecule has 88 valence electrons. The summed E-state index contributed by atoms with van der Waals surface area (Å²) < 4.78 is 5.11. The van der Waals surface area contributed by atoms with Gasteiger partial charge in [0.15, 0.2) is 0 Å². The van der Waals surface area contributed by atoms with Crippen molar-refractivity contribution in [2.24, 2.45) is 0 Å². The number of unbranched alkanes of at least 4 members (excludes halogenated alkanes) is 1. The molecule has 0 unspecified atom stereocenters. The van der Waals surface area contributed by atoms with Gasteiger partial charge in [0.2, 0.25) is 0 Å². The molecule has 0 aliphatic rings. The second-order valence-electron chi connectivity index (χ2n) is 3.76. The molecule has 0 aromatic rings. The van der Waals surface area contributed by atoms with Gasteiger partial charge in [-0.1, -0.05) is 13.8 Å². The molecule has 0 aliphatic heterocycles. The van der Waals surface area contributed by atoms with Gasteiger partial charge in [-0.25, -0.2) is 0 Å². The maximum atomic E-state index is 8.52. The van der Waals surface area contributed by atoms with E-state index in [2.05, 4.69) is 24.8 Å². The van der Waals surface area contributed by atoms with Gasteiger partial charge in [-0.15, -0.1) is 0 Å². The second kappa shape index (κ2) is 9.95. The number of hydrogen-bond donors (Lipinski definition) is 0. The largest absolute Gasteiger partial charge is 0.383 e. The molecule has 0 radical (unpaired) electrons. The van der Waals surface area contributed by atoms with Gasteiger partial charge in [0.25, 0.3) is 0 Å². The van der Waals surface area contributed by atoms with Crippen LogP contribution >= 0.6 is 0 Å². The lowest BCUT2D eigenvalue weighted by atomic mass is 10.1. The van der Waals surface area contributed by atoms with E-state index < -0.39 is 0 Å². The smallest absolute Gasteiger partial charge is 0.0622 e. The molecule has 3 nitrogen and oxygen atoms in total. The van der Waals surface area contributed by atoms with E-state index in [-0.39, 0.29) is 0 Å². The minimum Gasteiger partial charge on any atom is -0.383 e. The van der Waals surface area contributed by atoms with Gasteiger partial charge < -0.3 is 4.74 Å². The molecule has 0 heterocycles. The summed E-state index contributed by atoms with van der Waals surface area (Å²) in [7, 11) is 1.74. The maximum absolute atomic E-state index is 8.52. The summed E-state index contributed by atoms with van der Waals surface area (Å²) >= 11 is 0. The van der Waals surface area contributed by atoms with Crippen molar-refractivity contribution in [2.45, 2.75) is 45.6 Å². The lowest BCUT2D eigenvalue weighted by molar-refractivity contribution is 0.114. The second-order valence-corrected chi connectivity index (χ2v) is 3.76. The van der Waals surface area contributed by atoms with Crippen molar-refractivity contribution >= 4 is 0 Å². The Morgan fingerprint density at radius 2 is 1.93 bits per heavy atom. The van der Waals surface area contributed by atoms with Crippen molar-refractivity contribution in [3.63, 3.8) is 0 Å². The Kier molecular flexibility index (Phi) is 9.55. The van der Waals surface area contributed by atoms with Gasteiger partial charge in [-0.2, -0.15) is 5.26 Å². The fraction of sp³-hybridized carbons (Fsp3) is 0.917. The average molecular weight is 212 g/mol. The molecular formula is C12H24N2O. The van der Waals surface area contributed by atoms with E-state index in [0.717, 1.165) is 26.1 Å². The third-order valence-corrected chi connectivity index (χ3v) is 2.78. The summed E-state index contributed by atoms with van der Waals surface area (Å²) in [6.45, 7) is 7.22. The predicted octanol–water partition coefficient (Wildman–Crippen LogP) is 2.43. The number of rotatable bonds is 9. The van der Waals surface area contributed by atoms with Crippen molar-refractivity contribution in [2.75, 3.05) is 26.8 Å². The summed E-state index contributed by atoms with van der Waals surface area (Å²) in [5.74, 6) is 0. The first-order chi connectivity index (χ1) is 7.29. The average Bonchev–Trinajstić information content (AvgIpc) is 2.26. The molecule has 0 bridgehead atoms. The zero-order valence-corrected chi connectivity index (χ0v) is 10.3. The van der Waals surface area contributed by atoms with Gasteiger partial charge >= 0.3 is 0 Å². The Balaban J connectivity index is 3.98. The number of ether oxygens (including phenoxy) is 1. The Bertz CT molecular complexity index is 173. The van der Waals surface area contributed by atoms with Crippen LogP contribution in [0.25, 0.3) is 0 Å². The summed E-state index contributed by atoms with van der Waals surface area (Å²) in [4.78, 5) is 2.45. The highest BCUT2D eigenvalue weighted by atomic mass is 16.5. The van der Waals surface area contributed by atoms with Gasteiger partial charge in [0.1, 0.15) is 0 Å². The molecule has 0 atom stereocenters. The zero-order chi connectivity index (χ0) is 11.5. The number of nitriles is 1. The van der Waals surface area contributed by atoms with Gasteiger partial charge in [0, 0.05) is 26.1 Å². The van der Waals surface area contributed by atoms with Crippen LogP contribution in [0.4, 0.5) is 0 Å². The molecule has 0 aromatic carbocycles. The third-order valence-electron chi connectivity index (χ3n) is 2.78. The van der Waals surface area contributed by atoms with Crippen molar-refractivity contribution in [1.29, 1.82) is 5.26 Å². The van der Waals surface area contributed by atoms with Crippen LogP contribution in [-0.2, 0) is 4.74 Å². The fourth-order valence-electron chi connectivity index (χ4n) is 1.85. The van der Waals surface area contributed by atoms with Gasteiger partial charge in [-0.3, -0.25) is 4.90 Å². The Hall–Kier alpha value is -0.590. The summed E-state index contributed by atoms with van der Waals surface area (Å²) in [6, 6.07) is 2.83. The molecule has 0 rings (SSSR count). The maximum Gasteiger partial charge on any atom is 0.0622 e. The van der Waals surface area contributed by atoms with E-state index in [1.54, 1.807) is 7.11 Å². The van der Waals surface area contributed by atoms with Crippen LogP contribution in [0.5, 0.6) is 0 Å². The minimum atomic E-state index is 0.638. The highest BCUT2D eigenvalue weighted by molar-refractivity contribution is 4.73. The summed E-state index contributed by atoms with van der Waals surface area (Å²) in [5, 5.41) is 8.52. The van der Waals surface area contributed by atoms with E-state index in [4.69, 9.17) is 10.00 Å². The van der Waals surface area contributed by atoms with Crippen molar-refractivity contribution in [1.82, 2.24) is 4.90 Å². The molecular weight excluding hydrogens is 188 g/mol. The molecule has 0 N–H and O–H groups in total. The molecule has 0 aliphatic carbocycles. The van der Waals surface area contributed by atoms with Crippen LogP contribution in [0.15, 0.2) is 0 Å². The molecule has 15 heavy (non-hydrogen) atoms. The zero-order valence-electron chi connectivity index (χ0n) is 10.3. The predicted molar refractivity (Wildman–Crippen MR) is 62.7 cm³/mol. The van der Waals surface area contributed by atoms with E-state index in [0.29, 0.717) is 12.5 Å². The Labute approximate surface area is 94.0 Å². The number of hydrogen-bond acceptors (Lipinski definition) is 3. The summed E-state index contributed by atoms with van der Waals surface area (Å²) in [5.41, 5.74) is 0. The van der Waals surface area contributed by atoms with Crippen LogP contribution in [0.1, 0.15) is 39.5 Å². The van der Waals surface area contributed by atoms with Crippen molar-refractivity contribution < 1.29 is 4.74 Å². The summed E-state index contributed by atoms with van der Waals surface area (Å²) in [6.07, 6.45) is 3.97. The Morgan fingerprint density at radius 1 is 1.27 bits per heavy atom. The van der Waals surface area contributed by atoms with E-state index in [1.165, 1.54) is 12.8 Å². The van der Waals surface area contributed by atoms with Crippen LogP contribution < -0.4 is 0 Å². The molecule has 0 spiro atoms. The number of nitrogens with zero attached hydrogens (tertiary/aromatic N) is 2. The van der Waals surface area contributed by atoms with E-state index >= 15 is 0 Å². The minimum absolute atomic E-state index is 0.638. The van der Waals surface area contributed by atoms with Crippen molar-refractivity contribution in [3.8, 4) is 6.07 Å². The molecule has 0 saturated carbocycles. The molecule has 0 saturated heterocycles. The molecule has 0 aromatic heterocycles. The third kappa shape index (κ3) is 6.48. The quantitative estimate of drug-likeness (QED) is 0.551. The lowest BCUT2D eigenvalue weighted by Crippen LogP contribution is -2.37. The highest BCUT2D eigenvalue weighted by Crippen LogP contribution is 2.09. The first-order valence-corrected chi connectivity index (χ1v) is 5.90. The van der Waals surface area contributed by atoms with Crippen LogP contribution in [0, 0.1) is 11.3 Å². The molecule has 0 fully saturated rings. The standard InChI is InChI=1S/C12H24N2O/c1-4-12(5-2)14(10-11-15-3)9-7-6-8-13/h12H,4-7,9-11H2,1-3H3. The first-order valence-electron chi connectivity index (χ1n) is 5.90. The highest BCUT2D eigenvalue weighted by Gasteiger charge is 2.13. The van der Waals surface area contributed by atoms with E-state index in [1.807, 2.05) is 0 Å². The monoisotopic (exact) mass is 212 g/mol. The van der Waals surface area contributed by atoms with Gasteiger partial charge in [0.05, 0.1) is 12.7 Å². The van der Waals surface area contributed by atoms with Gasteiger partial charge in [-0.05, 0) is 25.8 Å². The fourth-order valence-corrected chi connectivity index (χ4v) is 1.85. The number of methoxy groups -OCH3 is 1. The normalized spacial score (nSPS) is 10.9. The van der Waals surface area contributed by atoms with E-state index in [9.17, 15) is 0 Å².